The molecule has 10 heteroatoms. The number of amides is 3. The molecule has 0 unspecified atom stereocenters. The van der Waals surface area contributed by atoms with Crippen LogP contribution >= 0.6 is 47.2 Å². The van der Waals surface area contributed by atoms with Crippen LogP contribution in [0, 0.1) is 0 Å². The number of benzene rings is 3. The van der Waals surface area contributed by atoms with E-state index in [0.29, 0.717) is 32.1 Å². The Bertz CT molecular complexity index is 1270. The van der Waals surface area contributed by atoms with Gasteiger partial charge in [0.15, 0.2) is 4.32 Å². The van der Waals surface area contributed by atoms with E-state index in [1.54, 1.807) is 18.2 Å². The van der Waals surface area contributed by atoms with Gasteiger partial charge in [-0.2, -0.15) is 5.01 Å². The third-order valence-electron chi connectivity index (χ3n) is 4.32. The first-order chi connectivity index (χ1) is 15.9. The number of halogens is 2. The molecule has 1 heterocycles. The molecule has 6 nitrogen and oxygen atoms in total. The van der Waals surface area contributed by atoms with E-state index >= 15 is 0 Å². The molecule has 0 spiro atoms. The summed E-state index contributed by atoms with van der Waals surface area (Å²) in [6.45, 7) is 0. The standard InChI is InChI=1S/C23H15Cl2N3O3S2/c24-18-10-9-15(13-19(18)25)26-22(30)27-28-21(29)20(33-23(28)32)12-14-5-4-8-17(11-14)31-16-6-2-1-3-7-16/h1-13H,(H2,26,27,30)/b20-12+. The Kier molecular flexibility index (Phi) is 7.20. The number of anilines is 1. The van der Waals surface area contributed by atoms with Gasteiger partial charge < -0.3 is 10.1 Å². The van der Waals surface area contributed by atoms with E-state index in [0.717, 1.165) is 22.3 Å². The topological polar surface area (TPSA) is 70.7 Å². The Hall–Kier alpha value is -3.04. The van der Waals surface area contributed by atoms with E-state index in [9.17, 15) is 9.59 Å². The molecule has 1 saturated heterocycles. The molecule has 3 aromatic carbocycles. The van der Waals surface area contributed by atoms with Crippen LogP contribution < -0.4 is 15.5 Å². The summed E-state index contributed by atoms with van der Waals surface area (Å²) < 4.78 is 6.04. The minimum absolute atomic E-state index is 0.201. The zero-order chi connectivity index (χ0) is 23.4. The largest absolute Gasteiger partial charge is 0.457 e. The van der Waals surface area contributed by atoms with Crippen molar-refractivity contribution in [2.24, 2.45) is 0 Å². The molecular weight excluding hydrogens is 501 g/mol. The van der Waals surface area contributed by atoms with Crippen LogP contribution in [0.15, 0.2) is 77.7 Å². The Morgan fingerprint density at radius 3 is 2.48 bits per heavy atom. The second kappa shape index (κ2) is 10.3. The van der Waals surface area contributed by atoms with Gasteiger partial charge in [0.25, 0.3) is 5.91 Å². The number of ether oxygens (including phenoxy) is 1. The molecule has 0 aliphatic carbocycles. The minimum atomic E-state index is -0.649. The van der Waals surface area contributed by atoms with Crippen LogP contribution in [0.1, 0.15) is 5.56 Å². The molecule has 3 aromatic rings. The van der Waals surface area contributed by atoms with Crippen molar-refractivity contribution in [3.63, 3.8) is 0 Å². The van der Waals surface area contributed by atoms with Crippen LogP contribution in [-0.2, 0) is 4.79 Å². The quantitative estimate of drug-likeness (QED) is 0.291. The van der Waals surface area contributed by atoms with Gasteiger partial charge in [-0.1, -0.05) is 65.3 Å². The number of para-hydroxylation sites is 1. The fourth-order valence-corrected chi connectivity index (χ4v) is 4.32. The highest BCUT2D eigenvalue weighted by Gasteiger charge is 2.33. The molecule has 0 aromatic heterocycles. The predicted octanol–water partition coefficient (Wildman–Crippen LogP) is 6.72. The van der Waals surface area contributed by atoms with E-state index < -0.39 is 11.9 Å². The van der Waals surface area contributed by atoms with Gasteiger partial charge in [0.2, 0.25) is 0 Å². The Morgan fingerprint density at radius 1 is 0.970 bits per heavy atom. The zero-order valence-electron chi connectivity index (χ0n) is 16.7. The van der Waals surface area contributed by atoms with Crippen LogP contribution in [0.25, 0.3) is 6.08 Å². The summed E-state index contributed by atoms with van der Waals surface area (Å²) >= 11 is 18.2. The van der Waals surface area contributed by atoms with E-state index in [-0.39, 0.29) is 4.32 Å². The maximum Gasteiger partial charge on any atom is 0.338 e. The number of nitrogens with one attached hydrogen (secondary N) is 2. The molecule has 1 aliphatic rings. The summed E-state index contributed by atoms with van der Waals surface area (Å²) in [5.74, 6) is 0.895. The number of thioether (sulfide) groups is 1. The van der Waals surface area contributed by atoms with Gasteiger partial charge in [-0.3, -0.25) is 4.79 Å². The smallest absolute Gasteiger partial charge is 0.338 e. The van der Waals surface area contributed by atoms with Crippen LogP contribution in [0.5, 0.6) is 11.5 Å². The maximum absolute atomic E-state index is 12.8. The molecule has 4 rings (SSSR count). The van der Waals surface area contributed by atoms with Crippen molar-refractivity contribution in [3.8, 4) is 11.5 Å². The average molecular weight is 516 g/mol. The van der Waals surface area contributed by atoms with Crippen molar-refractivity contribution in [2.45, 2.75) is 0 Å². The fourth-order valence-electron chi connectivity index (χ4n) is 2.84. The summed E-state index contributed by atoms with van der Waals surface area (Å²) in [6, 6.07) is 20.7. The molecule has 0 saturated carbocycles. The summed E-state index contributed by atoms with van der Waals surface area (Å²) in [7, 11) is 0. The lowest BCUT2D eigenvalue weighted by atomic mass is 10.2. The molecule has 1 aliphatic heterocycles. The van der Waals surface area contributed by atoms with Crippen LogP contribution in [-0.4, -0.2) is 21.3 Å². The lowest BCUT2D eigenvalue weighted by molar-refractivity contribution is -0.123. The predicted molar refractivity (Wildman–Crippen MR) is 137 cm³/mol. The number of hydrogen-bond donors (Lipinski definition) is 2. The van der Waals surface area contributed by atoms with E-state index in [4.69, 9.17) is 40.2 Å². The van der Waals surface area contributed by atoms with Gasteiger partial charge in [-0.05, 0) is 66.3 Å². The minimum Gasteiger partial charge on any atom is -0.457 e. The molecule has 2 N–H and O–H groups in total. The number of hydrazine groups is 1. The molecule has 33 heavy (non-hydrogen) atoms. The number of nitrogens with zero attached hydrogens (tertiary/aromatic N) is 1. The summed E-state index contributed by atoms with van der Waals surface area (Å²) in [4.78, 5) is 25.5. The molecule has 166 valence electrons. The monoisotopic (exact) mass is 515 g/mol. The van der Waals surface area contributed by atoms with Crippen LogP contribution in [0.3, 0.4) is 0 Å². The van der Waals surface area contributed by atoms with Crippen molar-refractivity contribution in [1.82, 2.24) is 10.4 Å². The van der Waals surface area contributed by atoms with Gasteiger partial charge in [0.05, 0.1) is 15.0 Å². The number of thiocarbonyl (C=S) groups is 1. The van der Waals surface area contributed by atoms with Crippen molar-refractivity contribution >= 4 is 75.2 Å². The normalized spacial score (nSPS) is 14.5. The summed E-state index contributed by atoms with van der Waals surface area (Å²) in [5.41, 5.74) is 3.62. The van der Waals surface area contributed by atoms with E-state index in [1.807, 2.05) is 54.6 Å². The lowest BCUT2D eigenvalue weighted by Crippen LogP contribution is -2.46. The van der Waals surface area contributed by atoms with Crippen molar-refractivity contribution in [2.75, 3.05) is 5.32 Å². The molecule has 0 bridgehead atoms. The first kappa shape index (κ1) is 23.1. The molecule has 0 radical (unpaired) electrons. The average Bonchev–Trinajstić information content (AvgIpc) is 3.04. The summed E-state index contributed by atoms with van der Waals surface area (Å²) in [5, 5.41) is 4.25. The third-order valence-corrected chi connectivity index (χ3v) is 6.36. The van der Waals surface area contributed by atoms with Crippen LogP contribution in [0.2, 0.25) is 10.0 Å². The number of carbonyl (C=O) groups is 2. The van der Waals surface area contributed by atoms with Crippen molar-refractivity contribution in [1.29, 1.82) is 0 Å². The van der Waals surface area contributed by atoms with Gasteiger partial charge in [0.1, 0.15) is 11.5 Å². The second-order valence-electron chi connectivity index (χ2n) is 6.70. The fraction of sp³-hybridized carbons (Fsp3) is 0. The second-order valence-corrected chi connectivity index (χ2v) is 9.19. The SMILES string of the molecule is O=C(Nc1ccc(Cl)c(Cl)c1)NN1C(=O)/C(=C\c2cccc(Oc3ccccc3)c2)SC1=S. The molecule has 1 fully saturated rings. The highest BCUT2D eigenvalue weighted by molar-refractivity contribution is 8.26. The first-order valence-electron chi connectivity index (χ1n) is 9.53. The first-order valence-corrected chi connectivity index (χ1v) is 11.5. The number of hydrogen-bond acceptors (Lipinski definition) is 5. The van der Waals surface area contributed by atoms with E-state index in [1.165, 1.54) is 6.07 Å². The maximum atomic E-state index is 12.8. The zero-order valence-corrected chi connectivity index (χ0v) is 19.9. The van der Waals surface area contributed by atoms with Gasteiger partial charge >= 0.3 is 6.03 Å². The number of carbonyl (C=O) groups excluding carboxylic acids is 2. The molecule has 3 amide bonds. The highest BCUT2D eigenvalue weighted by atomic mass is 35.5. The van der Waals surface area contributed by atoms with Crippen molar-refractivity contribution in [3.05, 3.63) is 93.3 Å². The lowest BCUT2D eigenvalue weighted by Gasteiger charge is -2.16. The Balaban J connectivity index is 1.43. The molecule has 0 atom stereocenters. The Morgan fingerprint density at radius 2 is 1.73 bits per heavy atom. The van der Waals surface area contributed by atoms with Crippen LogP contribution in [0.4, 0.5) is 10.5 Å². The van der Waals surface area contributed by atoms with E-state index in [2.05, 4.69) is 10.7 Å². The number of rotatable bonds is 5. The van der Waals surface area contributed by atoms with Crippen molar-refractivity contribution < 1.29 is 14.3 Å². The summed E-state index contributed by atoms with van der Waals surface area (Å²) in [6.07, 6.45) is 1.69. The van der Waals surface area contributed by atoms with Gasteiger partial charge in [-0.25, -0.2) is 10.2 Å². The number of urea groups is 1. The Labute approximate surface area is 209 Å². The highest BCUT2D eigenvalue weighted by Crippen LogP contribution is 2.32. The molecular formula is C23H15Cl2N3O3S2. The third kappa shape index (κ3) is 5.85. The van der Waals surface area contributed by atoms with Gasteiger partial charge in [0, 0.05) is 5.69 Å². The van der Waals surface area contributed by atoms with Gasteiger partial charge in [-0.15, -0.1) is 0 Å².